The molecule has 124 valence electrons. The lowest BCUT2D eigenvalue weighted by Crippen LogP contribution is -2.59. The van der Waals surface area contributed by atoms with Crippen molar-refractivity contribution in [1.29, 1.82) is 0 Å². The van der Waals surface area contributed by atoms with E-state index in [-0.39, 0.29) is 0 Å². The quantitative estimate of drug-likeness (QED) is 0.789. The molecule has 2 fully saturated rings. The molecule has 1 unspecified atom stereocenters. The van der Waals surface area contributed by atoms with E-state index in [1.165, 1.54) is 45.7 Å². The molecule has 21 heavy (non-hydrogen) atoms. The van der Waals surface area contributed by atoms with Gasteiger partial charge in [-0.05, 0) is 39.0 Å². The molecule has 0 aromatic rings. The van der Waals surface area contributed by atoms with Crippen LogP contribution >= 0.6 is 0 Å². The fourth-order valence-corrected chi connectivity index (χ4v) is 4.22. The van der Waals surface area contributed by atoms with Gasteiger partial charge in [0.1, 0.15) is 0 Å². The van der Waals surface area contributed by atoms with E-state index < -0.39 is 0 Å². The summed E-state index contributed by atoms with van der Waals surface area (Å²) in [5, 5.41) is 0. The standard InChI is InChI=1S/C18H37N3/c1-14(2)12-21-13-16(5)18(11-17(21)6)20-9-7-19(8-10-20)15(3)4/h14-18H,7-13H2,1-6H3/t16-,17+,18?/m0/s1. The maximum Gasteiger partial charge on any atom is 0.0149 e. The van der Waals surface area contributed by atoms with E-state index in [1.54, 1.807) is 0 Å². The molecule has 0 N–H and O–H groups in total. The van der Waals surface area contributed by atoms with E-state index in [0.29, 0.717) is 6.04 Å². The van der Waals surface area contributed by atoms with Gasteiger partial charge in [-0.1, -0.05) is 20.8 Å². The summed E-state index contributed by atoms with van der Waals surface area (Å²) in [6.45, 7) is 21.8. The van der Waals surface area contributed by atoms with Gasteiger partial charge in [-0.2, -0.15) is 0 Å². The van der Waals surface area contributed by atoms with Crippen molar-refractivity contribution in [3.63, 3.8) is 0 Å². The summed E-state index contributed by atoms with van der Waals surface area (Å²) in [7, 11) is 0. The highest BCUT2D eigenvalue weighted by atomic mass is 15.3. The molecule has 0 aromatic carbocycles. The molecule has 2 heterocycles. The Hall–Kier alpha value is -0.120. The lowest BCUT2D eigenvalue weighted by atomic mass is 9.87. The van der Waals surface area contributed by atoms with E-state index in [2.05, 4.69) is 56.2 Å². The first kappa shape index (κ1) is 17.2. The molecule has 0 saturated carbocycles. The van der Waals surface area contributed by atoms with Gasteiger partial charge in [-0.15, -0.1) is 0 Å². The van der Waals surface area contributed by atoms with Crippen LogP contribution in [0.3, 0.4) is 0 Å². The lowest BCUT2D eigenvalue weighted by Gasteiger charge is -2.49. The number of rotatable bonds is 4. The number of likely N-dealkylation sites (tertiary alicyclic amines) is 1. The first-order valence-electron chi connectivity index (χ1n) is 9.10. The van der Waals surface area contributed by atoms with Crippen LogP contribution in [0.5, 0.6) is 0 Å². The molecule has 2 aliphatic heterocycles. The van der Waals surface area contributed by atoms with E-state index in [4.69, 9.17) is 0 Å². The fourth-order valence-electron chi connectivity index (χ4n) is 4.22. The SMILES string of the molecule is CC(C)CN1C[C@H](C)C(N2CCN(C(C)C)CC2)C[C@H]1C. The topological polar surface area (TPSA) is 9.72 Å². The van der Waals surface area contributed by atoms with Crippen molar-refractivity contribution >= 4 is 0 Å². The third-order valence-corrected chi connectivity index (χ3v) is 5.53. The third-order valence-electron chi connectivity index (χ3n) is 5.53. The second-order valence-corrected chi connectivity index (χ2v) is 8.14. The molecular weight excluding hydrogens is 258 g/mol. The van der Waals surface area contributed by atoms with E-state index in [1.807, 2.05) is 0 Å². The zero-order chi connectivity index (χ0) is 15.6. The molecule has 2 aliphatic rings. The van der Waals surface area contributed by atoms with E-state index >= 15 is 0 Å². The number of piperazine rings is 1. The third kappa shape index (κ3) is 4.43. The first-order chi connectivity index (χ1) is 9.88. The minimum absolute atomic E-state index is 0.705. The maximum absolute atomic E-state index is 2.78. The van der Waals surface area contributed by atoms with Crippen LogP contribution < -0.4 is 0 Å². The van der Waals surface area contributed by atoms with Crippen molar-refractivity contribution in [3.8, 4) is 0 Å². The number of nitrogens with zero attached hydrogens (tertiary/aromatic N) is 3. The predicted octanol–water partition coefficient (Wildman–Crippen LogP) is 2.77. The molecule has 0 radical (unpaired) electrons. The van der Waals surface area contributed by atoms with Crippen LogP contribution in [0.2, 0.25) is 0 Å². The molecule has 0 aromatic heterocycles. The van der Waals surface area contributed by atoms with Crippen LogP contribution in [0, 0.1) is 11.8 Å². The second-order valence-electron chi connectivity index (χ2n) is 8.14. The van der Waals surface area contributed by atoms with Gasteiger partial charge in [0.25, 0.3) is 0 Å². The Morgan fingerprint density at radius 2 is 1.57 bits per heavy atom. The van der Waals surface area contributed by atoms with Crippen molar-refractivity contribution in [2.45, 2.75) is 66.1 Å². The van der Waals surface area contributed by atoms with Crippen LogP contribution in [-0.2, 0) is 0 Å². The minimum atomic E-state index is 0.705. The summed E-state index contributed by atoms with van der Waals surface area (Å²) >= 11 is 0. The van der Waals surface area contributed by atoms with Crippen molar-refractivity contribution in [1.82, 2.24) is 14.7 Å². The van der Waals surface area contributed by atoms with Gasteiger partial charge in [0, 0.05) is 57.4 Å². The Kier molecular flexibility index (Phi) is 6.10. The van der Waals surface area contributed by atoms with Gasteiger partial charge in [0.05, 0.1) is 0 Å². The van der Waals surface area contributed by atoms with Gasteiger partial charge >= 0.3 is 0 Å². The average molecular weight is 296 g/mol. The van der Waals surface area contributed by atoms with Crippen molar-refractivity contribution in [2.75, 3.05) is 39.3 Å². The van der Waals surface area contributed by atoms with Crippen LogP contribution in [0.25, 0.3) is 0 Å². The fraction of sp³-hybridized carbons (Fsp3) is 1.00. The molecule has 0 amide bonds. The van der Waals surface area contributed by atoms with E-state index in [0.717, 1.165) is 23.9 Å². The lowest BCUT2D eigenvalue weighted by molar-refractivity contribution is -0.000948. The Labute approximate surface area is 132 Å². The highest BCUT2D eigenvalue weighted by Crippen LogP contribution is 2.28. The molecule has 3 nitrogen and oxygen atoms in total. The van der Waals surface area contributed by atoms with Crippen molar-refractivity contribution in [3.05, 3.63) is 0 Å². The molecular formula is C18H37N3. The number of hydrogen-bond donors (Lipinski definition) is 0. The molecule has 3 atom stereocenters. The smallest absolute Gasteiger partial charge is 0.0149 e. The highest BCUT2D eigenvalue weighted by Gasteiger charge is 2.35. The van der Waals surface area contributed by atoms with Gasteiger partial charge in [0.15, 0.2) is 0 Å². The van der Waals surface area contributed by atoms with Gasteiger partial charge in [-0.3, -0.25) is 9.80 Å². The van der Waals surface area contributed by atoms with E-state index in [9.17, 15) is 0 Å². The largest absolute Gasteiger partial charge is 0.300 e. The van der Waals surface area contributed by atoms with Crippen LogP contribution in [0.4, 0.5) is 0 Å². The second kappa shape index (κ2) is 7.43. The molecule has 0 aliphatic carbocycles. The van der Waals surface area contributed by atoms with Crippen LogP contribution in [0.1, 0.15) is 48.0 Å². The van der Waals surface area contributed by atoms with Crippen LogP contribution in [0.15, 0.2) is 0 Å². The highest BCUT2D eigenvalue weighted by molar-refractivity contribution is 4.91. The molecule has 2 saturated heterocycles. The Morgan fingerprint density at radius 1 is 0.952 bits per heavy atom. The normalized spacial score (nSPS) is 34.0. The molecule has 0 spiro atoms. The Bertz CT molecular complexity index is 308. The number of piperidine rings is 1. The van der Waals surface area contributed by atoms with Gasteiger partial charge < -0.3 is 4.90 Å². The van der Waals surface area contributed by atoms with Crippen LogP contribution in [-0.4, -0.2) is 72.1 Å². The summed E-state index contributed by atoms with van der Waals surface area (Å²) in [5.41, 5.74) is 0. The van der Waals surface area contributed by atoms with Crippen molar-refractivity contribution < 1.29 is 0 Å². The molecule has 3 heteroatoms. The Morgan fingerprint density at radius 3 is 2.10 bits per heavy atom. The zero-order valence-corrected chi connectivity index (χ0v) is 15.2. The van der Waals surface area contributed by atoms with Gasteiger partial charge in [0.2, 0.25) is 0 Å². The summed E-state index contributed by atoms with van der Waals surface area (Å²) in [4.78, 5) is 8.13. The number of hydrogen-bond acceptors (Lipinski definition) is 3. The Balaban J connectivity index is 1.88. The summed E-state index contributed by atoms with van der Waals surface area (Å²) in [6.07, 6.45) is 1.36. The maximum atomic E-state index is 2.78. The van der Waals surface area contributed by atoms with Crippen molar-refractivity contribution in [2.24, 2.45) is 11.8 Å². The summed E-state index contributed by atoms with van der Waals surface area (Å²) < 4.78 is 0. The summed E-state index contributed by atoms with van der Waals surface area (Å²) in [6, 6.07) is 2.26. The monoisotopic (exact) mass is 295 g/mol. The molecule has 2 rings (SSSR count). The molecule has 0 bridgehead atoms. The minimum Gasteiger partial charge on any atom is -0.300 e. The predicted molar refractivity (Wildman–Crippen MR) is 91.7 cm³/mol. The zero-order valence-electron chi connectivity index (χ0n) is 15.2. The first-order valence-corrected chi connectivity index (χ1v) is 9.10. The van der Waals surface area contributed by atoms with Gasteiger partial charge in [-0.25, -0.2) is 0 Å². The summed E-state index contributed by atoms with van der Waals surface area (Å²) in [5.74, 6) is 1.59. The average Bonchev–Trinajstić information content (AvgIpc) is 2.42.